The fourth-order valence-corrected chi connectivity index (χ4v) is 1.12. The summed E-state index contributed by atoms with van der Waals surface area (Å²) < 4.78 is 4.92. The number of anilines is 2. The molecule has 1 rings (SSSR count). The third-order valence-electron chi connectivity index (χ3n) is 1.64. The molecule has 15 heavy (non-hydrogen) atoms. The van der Waals surface area contributed by atoms with Crippen LogP contribution in [0.4, 0.5) is 11.9 Å². The molecular weight excluding hydrogens is 218 g/mol. The summed E-state index contributed by atoms with van der Waals surface area (Å²) in [6, 6.07) is 0. The van der Waals surface area contributed by atoms with E-state index in [0.29, 0.717) is 18.5 Å². The molecule has 6 nitrogen and oxygen atoms in total. The minimum absolute atomic E-state index is 0.170. The maximum Gasteiger partial charge on any atom is 0.228 e. The van der Waals surface area contributed by atoms with E-state index in [1.54, 1.807) is 14.2 Å². The average molecular weight is 232 g/mol. The van der Waals surface area contributed by atoms with Crippen LogP contribution in [0.2, 0.25) is 5.28 Å². The first kappa shape index (κ1) is 11.9. The Hall–Kier alpha value is -1.14. The molecule has 2 N–H and O–H groups in total. The largest absolute Gasteiger partial charge is 0.385 e. The molecule has 0 spiro atoms. The Kier molecular flexibility index (Phi) is 5.06. The van der Waals surface area contributed by atoms with Gasteiger partial charge in [0.1, 0.15) is 0 Å². The van der Waals surface area contributed by atoms with Gasteiger partial charge in [-0.15, -0.1) is 0 Å². The second-order valence-electron chi connectivity index (χ2n) is 2.77. The number of hydrogen-bond acceptors (Lipinski definition) is 6. The molecule has 0 aromatic carbocycles. The predicted octanol–water partition coefficient (Wildman–Crippen LogP) is 1.02. The first-order chi connectivity index (χ1) is 7.26. The molecule has 0 atom stereocenters. The minimum atomic E-state index is 0.170. The summed E-state index contributed by atoms with van der Waals surface area (Å²) >= 11 is 5.70. The van der Waals surface area contributed by atoms with Gasteiger partial charge in [-0.1, -0.05) is 0 Å². The van der Waals surface area contributed by atoms with E-state index in [1.807, 2.05) is 0 Å². The highest BCUT2D eigenvalue weighted by molar-refractivity contribution is 6.28. The Morgan fingerprint density at radius 3 is 2.67 bits per heavy atom. The zero-order chi connectivity index (χ0) is 11.1. The molecular formula is C8H14ClN5O. The second kappa shape index (κ2) is 6.36. The first-order valence-corrected chi connectivity index (χ1v) is 4.96. The standard InChI is InChI=1S/C8H14ClN5O/c1-10-7-12-6(9)13-8(14-7)11-4-3-5-15-2/h3-5H2,1-2H3,(H2,10,11,12,13,14). The smallest absolute Gasteiger partial charge is 0.228 e. The summed E-state index contributed by atoms with van der Waals surface area (Å²) in [6.45, 7) is 1.43. The van der Waals surface area contributed by atoms with Crippen LogP contribution in [0.15, 0.2) is 0 Å². The van der Waals surface area contributed by atoms with E-state index in [-0.39, 0.29) is 5.28 Å². The van der Waals surface area contributed by atoms with E-state index in [4.69, 9.17) is 16.3 Å². The van der Waals surface area contributed by atoms with Crippen molar-refractivity contribution in [1.82, 2.24) is 15.0 Å². The molecule has 0 fully saturated rings. The van der Waals surface area contributed by atoms with Gasteiger partial charge in [0.15, 0.2) is 0 Å². The summed E-state index contributed by atoms with van der Waals surface area (Å²) in [6.07, 6.45) is 0.884. The highest BCUT2D eigenvalue weighted by Gasteiger charge is 2.02. The third kappa shape index (κ3) is 4.26. The number of hydrogen-bond donors (Lipinski definition) is 2. The monoisotopic (exact) mass is 231 g/mol. The van der Waals surface area contributed by atoms with Crippen molar-refractivity contribution >= 4 is 23.5 Å². The van der Waals surface area contributed by atoms with Gasteiger partial charge in [-0.05, 0) is 18.0 Å². The Balaban J connectivity index is 2.49. The highest BCUT2D eigenvalue weighted by atomic mass is 35.5. The van der Waals surface area contributed by atoms with Crippen LogP contribution in [-0.2, 0) is 4.74 Å². The molecule has 0 saturated heterocycles. The zero-order valence-electron chi connectivity index (χ0n) is 8.75. The van der Waals surface area contributed by atoms with E-state index >= 15 is 0 Å². The highest BCUT2D eigenvalue weighted by Crippen LogP contribution is 2.08. The lowest BCUT2D eigenvalue weighted by atomic mass is 10.4. The van der Waals surface area contributed by atoms with Gasteiger partial charge in [0, 0.05) is 27.3 Å². The Morgan fingerprint density at radius 2 is 2.00 bits per heavy atom. The Labute approximate surface area is 93.4 Å². The number of rotatable bonds is 6. The van der Waals surface area contributed by atoms with Crippen LogP contribution in [0.25, 0.3) is 0 Å². The number of methoxy groups -OCH3 is 1. The van der Waals surface area contributed by atoms with Crippen molar-refractivity contribution in [3.05, 3.63) is 5.28 Å². The zero-order valence-corrected chi connectivity index (χ0v) is 9.51. The number of nitrogens with zero attached hydrogens (tertiary/aromatic N) is 3. The van der Waals surface area contributed by atoms with Crippen molar-refractivity contribution in [3.8, 4) is 0 Å². The Bertz CT molecular complexity index is 309. The third-order valence-corrected chi connectivity index (χ3v) is 1.81. The molecule has 84 valence electrons. The lowest BCUT2D eigenvalue weighted by Crippen LogP contribution is -2.09. The maximum absolute atomic E-state index is 5.70. The van der Waals surface area contributed by atoms with Crippen molar-refractivity contribution in [2.24, 2.45) is 0 Å². The maximum atomic E-state index is 5.70. The van der Waals surface area contributed by atoms with Gasteiger partial charge in [0.05, 0.1) is 0 Å². The number of nitrogens with one attached hydrogen (secondary N) is 2. The van der Waals surface area contributed by atoms with Crippen molar-refractivity contribution in [1.29, 1.82) is 0 Å². The van der Waals surface area contributed by atoms with Gasteiger partial charge in [-0.3, -0.25) is 0 Å². The predicted molar refractivity (Wildman–Crippen MR) is 59.4 cm³/mol. The fraction of sp³-hybridized carbons (Fsp3) is 0.625. The van der Waals surface area contributed by atoms with Gasteiger partial charge < -0.3 is 15.4 Å². The molecule has 0 bridgehead atoms. The van der Waals surface area contributed by atoms with Crippen molar-refractivity contribution in [2.75, 3.05) is 37.9 Å². The van der Waals surface area contributed by atoms with Crippen LogP contribution in [0, 0.1) is 0 Å². The van der Waals surface area contributed by atoms with E-state index in [9.17, 15) is 0 Å². The molecule has 1 heterocycles. The Morgan fingerprint density at radius 1 is 1.27 bits per heavy atom. The molecule has 0 aliphatic carbocycles. The first-order valence-electron chi connectivity index (χ1n) is 4.58. The van der Waals surface area contributed by atoms with Crippen LogP contribution in [-0.4, -0.2) is 42.3 Å². The molecule has 1 aromatic heterocycles. The molecule has 0 radical (unpaired) electrons. The van der Waals surface area contributed by atoms with Crippen LogP contribution in [0.3, 0.4) is 0 Å². The van der Waals surface area contributed by atoms with Crippen LogP contribution in [0.1, 0.15) is 6.42 Å². The molecule has 1 aromatic rings. The van der Waals surface area contributed by atoms with Crippen LogP contribution >= 0.6 is 11.6 Å². The number of ether oxygens (including phenoxy) is 1. The van der Waals surface area contributed by atoms with Gasteiger partial charge in [-0.25, -0.2) is 0 Å². The van der Waals surface area contributed by atoms with Gasteiger partial charge in [0.25, 0.3) is 0 Å². The van der Waals surface area contributed by atoms with Gasteiger partial charge in [-0.2, -0.15) is 15.0 Å². The normalized spacial score (nSPS) is 10.1. The molecule has 0 amide bonds. The SMILES string of the molecule is CNc1nc(Cl)nc(NCCCOC)n1. The summed E-state index contributed by atoms with van der Waals surface area (Å²) in [4.78, 5) is 11.9. The second-order valence-corrected chi connectivity index (χ2v) is 3.11. The van der Waals surface area contributed by atoms with Gasteiger partial charge >= 0.3 is 0 Å². The summed E-state index contributed by atoms with van der Waals surface area (Å²) in [5.41, 5.74) is 0. The topological polar surface area (TPSA) is 72.0 Å². The molecule has 0 aliphatic rings. The quantitative estimate of drug-likeness (QED) is 0.713. The lowest BCUT2D eigenvalue weighted by molar-refractivity contribution is 0.197. The number of halogens is 1. The van der Waals surface area contributed by atoms with Crippen molar-refractivity contribution < 1.29 is 4.74 Å². The van der Waals surface area contributed by atoms with E-state index in [1.165, 1.54) is 0 Å². The summed E-state index contributed by atoms with van der Waals surface area (Å²) in [5, 5.41) is 6.00. The fourth-order valence-electron chi connectivity index (χ4n) is 0.958. The van der Waals surface area contributed by atoms with Crippen molar-refractivity contribution in [2.45, 2.75) is 6.42 Å². The molecule has 0 unspecified atom stereocenters. The van der Waals surface area contributed by atoms with Crippen LogP contribution < -0.4 is 10.6 Å². The number of aromatic nitrogens is 3. The lowest BCUT2D eigenvalue weighted by Gasteiger charge is -2.05. The van der Waals surface area contributed by atoms with E-state index in [2.05, 4.69) is 25.6 Å². The molecule has 0 aliphatic heterocycles. The summed E-state index contributed by atoms with van der Waals surface area (Å²) in [7, 11) is 3.39. The van der Waals surface area contributed by atoms with Crippen LogP contribution in [0.5, 0.6) is 0 Å². The molecule has 7 heteroatoms. The average Bonchev–Trinajstić information content (AvgIpc) is 2.23. The van der Waals surface area contributed by atoms with Gasteiger partial charge in [0.2, 0.25) is 17.2 Å². The van der Waals surface area contributed by atoms with E-state index in [0.717, 1.165) is 13.0 Å². The van der Waals surface area contributed by atoms with Crippen molar-refractivity contribution in [3.63, 3.8) is 0 Å². The summed E-state index contributed by atoms with van der Waals surface area (Å²) in [5.74, 6) is 0.916. The molecule has 0 saturated carbocycles. The minimum Gasteiger partial charge on any atom is -0.385 e. The van der Waals surface area contributed by atoms with E-state index < -0.39 is 0 Å².